The molecule has 1 amide bonds. The SMILES string of the molecule is O=C(NC1CCCC1)c1ccc(SC(F)F)cc1. The van der Waals surface area contributed by atoms with Gasteiger partial charge in [0.2, 0.25) is 0 Å². The molecule has 0 spiro atoms. The van der Waals surface area contributed by atoms with Gasteiger partial charge in [0.25, 0.3) is 11.7 Å². The van der Waals surface area contributed by atoms with E-state index in [1.165, 1.54) is 0 Å². The van der Waals surface area contributed by atoms with Crippen LogP contribution >= 0.6 is 11.8 Å². The zero-order valence-electron chi connectivity index (χ0n) is 9.86. The summed E-state index contributed by atoms with van der Waals surface area (Å²) in [5.74, 6) is -2.54. The topological polar surface area (TPSA) is 29.1 Å². The van der Waals surface area contributed by atoms with Crippen molar-refractivity contribution >= 4 is 17.7 Å². The minimum atomic E-state index is -2.43. The number of rotatable bonds is 4. The smallest absolute Gasteiger partial charge is 0.288 e. The number of alkyl halides is 2. The Morgan fingerprint density at radius 1 is 1.22 bits per heavy atom. The van der Waals surface area contributed by atoms with E-state index in [-0.39, 0.29) is 11.9 Å². The Morgan fingerprint density at radius 2 is 1.83 bits per heavy atom. The van der Waals surface area contributed by atoms with Crippen LogP contribution in [0.2, 0.25) is 0 Å². The number of carbonyl (C=O) groups excluding carboxylic acids is 1. The predicted molar refractivity (Wildman–Crippen MR) is 68.0 cm³/mol. The van der Waals surface area contributed by atoms with Gasteiger partial charge in [-0.05, 0) is 37.1 Å². The van der Waals surface area contributed by atoms with Crippen LogP contribution in [0.25, 0.3) is 0 Å². The van der Waals surface area contributed by atoms with Gasteiger partial charge in [0.15, 0.2) is 0 Å². The van der Waals surface area contributed by atoms with Gasteiger partial charge in [-0.2, -0.15) is 8.78 Å². The third kappa shape index (κ3) is 3.70. The summed E-state index contributed by atoms with van der Waals surface area (Å²) in [6.07, 6.45) is 4.39. The Bertz CT molecular complexity index is 402. The highest BCUT2D eigenvalue weighted by atomic mass is 32.2. The molecule has 1 aromatic carbocycles. The molecule has 18 heavy (non-hydrogen) atoms. The summed E-state index contributed by atoms with van der Waals surface area (Å²) in [5.41, 5.74) is 0.528. The molecule has 2 rings (SSSR count). The maximum atomic E-state index is 12.1. The van der Waals surface area contributed by atoms with Gasteiger partial charge in [0.05, 0.1) is 0 Å². The molecule has 1 aliphatic rings. The molecular formula is C13H15F2NOS. The lowest BCUT2D eigenvalue weighted by molar-refractivity contribution is 0.0938. The molecule has 0 aliphatic heterocycles. The van der Waals surface area contributed by atoms with Crippen LogP contribution in [-0.2, 0) is 0 Å². The molecule has 0 unspecified atom stereocenters. The molecule has 1 saturated carbocycles. The van der Waals surface area contributed by atoms with Crippen LogP contribution in [0, 0.1) is 0 Å². The van der Waals surface area contributed by atoms with Crippen LogP contribution < -0.4 is 5.32 Å². The van der Waals surface area contributed by atoms with E-state index in [1.54, 1.807) is 24.3 Å². The molecule has 5 heteroatoms. The molecule has 98 valence electrons. The monoisotopic (exact) mass is 271 g/mol. The molecule has 1 aliphatic carbocycles. The Balaban J connectivity index is 1.93. The molecule has 0 radical (unpaired) electrons. The first-order valence-corrected chi connectivity index (χ1v) is 6.89. The summed E-state index contributed by atoms with van der Waals surface area (Å²) in [4.78, 5) is 12.3. The van der Waals surface area contributed by atoms with E-state index in [4.69, 9.17) is 0 Å². The maximum Gasteiger partial charge on any atom is 0.288 e. The second-order valence-corrected chi connectivity index (χ2v) is 5.42. The van der Waals surface area contributed by atoms with Gasteiger partial charge >= 0.3 is 0 Å². The van der Waals surface area contributed by atoms with Crippen LogP contribution in [0.3, 0.4) is 0 Å². The van der Waals surface area contributed by atoms with Gasteiger partial charge < -0.3 is 5.32 Å². The van der Waals surface area contributed by atoms with Gasteiger partial charge in [0, 0.05) is 16.5 Å². The van der Waals surface area contributed by atoms with Crippen molar-refractivity contribution in [1.82, 2.24) is 5.32 Å². The molecule has 0 saturated heterocycles. The summed E-state index contributed by atoms with van der Waals surface area (Å²) in [5, 5.41) is 2.96. The second-order valence-electron chi connectivity index (χ2n) is 4.36. The fourth-order valence-electron chi connectivity index (χ4n) is 2.13. The molecule has 0 atom stereocenters. The number of thioether (sulfide) groups is 1. The van der Waals surface area contributed by atoms with Gasteiger partial charge in [-0.3, -0.25) is 4.79 Å². The van der Waals surface area contributed by atoms with Crippen molar-refractivity contribution in [1.29, 1.82) is 0 Å². The average Bonchev–Trinajstić information content (AvgIpc) is 2.82. The summed E-state index contributed by atoms with van der Waals surface area (Å²) < 4.78 is 24.3. The number of halogens is 2. The standard InChI is InChI=1S/C13H15F2NOS/c14-13(15)18-11-7-5-9(6-8-11)12(17)16-10-3-1-2-4-10/h5-8,10,13H,1-4H2,(H,16,17). The van der Waals surface area contributed by atoms with Gasteiger partial charge in [-0.25, -0.2) is 0 Å². The molecule has 1 N–H and O–H groups in total. The van der Waals surface area contributed by atoms with Gasteiger partial charge in [-0.1, -0.05) is 24.6 Å². The number of amides is 1. The zero-order valence-corrected chi connectivity index (χ0v) is 10.7. The minimum absolute atomic E-state index is 0.115. The average molecular weight is 271 g/mol. The van der Waals surface area contributed by atoms with E-state index < -0.39 is 5.76 Å². The van der Waals surface area contributed by atoms with Crippen molar-refractivity contribution in [3.63, 3.8) is 0 Å². The lowest BCUT2D eigenvalue weighted by Crippen LogP contribution is -2.32. The van der Waals surface area contributed by atoms with E-state index in [9.17, 15) is 13.6 Å². The minimum Gasteiger partial charge on any atom is -0.349 e. The van der Waals surface area contributed by atoms with Crippen molar-refractivity contribution in [3.05, 3.63) is 29.8 Å². The quantitative estimate of drug-likeness (QED) is 0.846. The van der Waals surface area contributed by atoms with Crippen molar-refractivity contribution in [3.8, 4) is 0 Å². The third-order valence-corrected chi connectivity index (χ3v) is 3.75. The first-order chi connectivity index (χ1) is 8.65. The van der Waals surface area contributed by atoms with Gasteiger partial charge in [0.1, 0.15) is 0 Å². The summed E-state index contributed by atoms with van der Waals surface area (Å²) in [6.45, 7) is 0. The van der Waals surface area contributed by atoms with E-state index in [0.29, 0.717) is 22.2 Å². The van der Waals surface area contributed by atoms with E-state index >= 15 is 0 Å². The van der Waals surface area contributed by atoms with Crippen LogP contribution in [0.5, 0.6) is 0 Å². The highest BCUT2D eigenvalue weighted by molar-refractivity contribution is 7.99. The van der Waals surface area contributed by atoms with Gasteiger partial charge in [-0.15, -0.1) is 0 Å². The Hall–Kier alpha value is -1.10. The normalized spacial score (nSPS) is 16.2. The Morgan fingerprint density at radius 3 is 2.39 bits per heavy atom. The Labute approximate surface area is 109 Å². The van der Waals surface area contributed by atoms with Crippen LogP contribution in [-0.4, -0.2) is 17.7 Å². The number of carbonyl (C=O) groups is 1. The van der Waals surface area contributed by atoms with Crippen LogP contribution in [0.15, 0.2) is 29.2 Å². The van der Waals surface area contributed by atoms with E-state index in [1.807, 2.05) is 0 Å². The molecule has 2 nitrogen and oxygen atoms in total. The fourth-order valence-corrected chi connectivity index (χ4v) is 2.63. The molecule has 0 bridgehead atoms. The highest BCUT2D eigenvalue weighted by Crippen LogP contribution is 2.25. The molecule has 0 aromatic heterocycles. The number of nitrogens with one attached hydrogen (secondary N) is 1. The lowest BCUT2D eigenvalue weighted by Gasteiger charge is -2.11. The summed E-state index contributed by atoms with van der Waals surface area (Å²) in [6, 6.07) is 6.57. The summed E-state index contributed by atoms with van der Waals surface area (Å²) >= 11 is 0.487. The molecule has 0 heterocycles. The number of hydrogen-bond acceptors (Lipinski definition) is 2. The number of hydrogen-bond donors (Lipinski definition) is 1. The van der Waals surface area contributed by atoms with Crippen molar-refractivity contribution in [2.24, 2.45) is 0 Å². The van der Waals surface area contributed by atoms with Crippen molar-refractivity contribution in [2.45, 2.75) is 42.4 Å². The fraction of sp³-hybridized carbons (Fsp3) is 0.462. The molecule has 1 aromatic rings. The van der Waals surface area contributed by atoms with E-state index in [0.717, 1.165) is 25.7 Å². The van der Waals surface area contributed by atoms with Crippen molar-refractivity contribution < 1.29 is 13.6 Å². The largest absolute Gasteiger partial charge is 0.349 e. The highest BCUT2D eigenvalue weighted by Gasteiger charge is 2.17. The van der Waals surface area contributed by atoms with Crippen LogP contribution in [0.4, 0.5) is 8.78 Å². The molecular weight excluding hydrogens is 256 g/mol. The van der Waals surface area contributed by atoms with Crippen molar-refractivity contribution in [2.75, 3.05) is 0 Å². The number of benzene rings is 1. The first-order valence-electron chi connectivity index (χ1n) is 6.01. The first kappa shape index (κ1) is 13.3. The van der Waals surface area contributed by atoms with E-state index in [2.05, 4.69) is 5.32 Å². The third-order valence-electron chi connectivity index (χ3n) is 3.03. The van der Waals surface area contributed by atoms with Crippen LogP contribution in [0.1, 0.15) is 36.0 Å². The lowest BCUT2D eigenvalue weighted by atomic mass is 10.2. The predicted octanol–water partition coefficient (Wildman–Crippen LogP) is 3.67. The maximum absolute atomic E-state index is 12.1. The summed E-state index contributed by atoms with van der Waals surface area (Å²) in [7, 11) is 0. The second kappa shape index (κ2) is 6.18. The zero-order chi connectivity index (χ0) is 13.0. The molecule has 1 fully saturated rings. The Kier molecular flexibility index (Phi) is 4.58.